The van der Waals surface area contributed by atoms with Crippen molar-refractivity contribution in [3.8, 4) is 11.9 Å². The van der Waals surface area contributed by atoms with Gasteiger partial charge >= 0.3 is 17.9 Å². The number of carbonyl (C=O) groups is 3. The van der Waals surface area contributed by atoms with Gasteiger partial charge in [0, 0.05) is 17.5 Å². The lowest BCUT2D eigenvalue weighted by atomic mass is 10.1. The molecule has 3 aromatic rings. The van der Waals surface area contributed by atoms with Crippen molar-refractivity contribution in [3.05, 3.63) is 92.0 Å². The molecule has 0 atom stereocenters. The summed E-state index contributed by atoms with van der Waals surface area (Å²) in [7, 11) is 2.58. The second-order valence-electron chi connectivity index (χ2n) is 9.75. The van der Waals surface area contributed by atoms with Gasteiger partial charge < -0.3 is 23.9 Å². The zero-order chi connectivity index (χ0) is 30.2. The number of rotatable bonds is 9. The van der Waals surface area contributed by atoms with E-state index < -0.39 is 23.5 Å². The average Bonchev–Trinajstić information content (AvgIpc) is 3.94. The van der Waals surface area contributed by atoms with Crippen molar-refractivity contribution in [2.24, 2.45) is 0 Å². The SMILES string of the molecule is CCOC(=O)c1cc(C#N)c(=O)[nH]c1C1CC1.COC(=O)c1cc(C(=O)OC)c(C2CC2)nc1OCc1ccccc1. The van der Waals surface area contributed by atoms with E-state index in [1.54, 1.807) is 13.0 Å². The summed E-state index contributed by atoms with van der Waals surface area (Å²) >= 11 is 0. The predicted molar refractivity (Wildman–Crippen MR) is 149 cm³/mol. The number of ether oxygens (including phenoxy) is 4. The number of nitrogens with one attached hydrogen (secondary N) is 1. The summed E-state index contributed by atoms with van der Waals surface area (Å²) in [6.45, 7) is 2.25. The number of methoxy groups -OCH3 is 2. The number of carbonyl (C=O) groups excluding carboxylic acids is 3. The van der Waals surface area contributed by atoms with E-state index in [-0.39, 0.29) is 47.6 Å². The number of hydrogen-bond donors (Lipinski definition) is 1. The van der Waals surface area contributed by atoms with Crippen LogP contribution in [0, 0.1) is 11.3 Å². The third kappa shape index (κ3) is 7.20. The van der Waals surface area contributed by atoms with Crippen LogP contribution in [-0.2, 0) is 20.8 Å². The lowest BCUT2D eigenvalue weighted by Gasteiger charge is -2.14. The molecule has 0 spiro atoms. The molecular formula is C31H31N3O8. The fourth-order valence-electron chi connectivity index (χ4n) is 4.24. The Morgan fingerprint density at radius 2 is 1.57 bits per heavy atom. The molecule has 1 aromatic carbocycles. The number of aromatic nitrogens is 2. The lowest BCUT2D eigenvalue weighted by molar-refractivity contribution is 0.0521. The van der Waals surface area contributed by atoms with Crippen LogP contribution >= 0.6 is 0 Å². The molecule has 0 amide bonds. The molecule has 2 heterocycles. The molecule has 0 radical (unpaired) electrons. The van der Waals surface area contributed by atoms with E-state index in [0.29, 0.717) is 17.0 Å². The molecule has 0 aliphatic heterocycles. The lowest BCUT2D eigenvalue weighted by Crippen LogP contribution is -2.18. The van der Waals surface area contributed by atoms with Gasteiger partial charge in [0.05, 0.1) is 37.6 Å². The Hall–Kier alpha value is -4.98. The van der Waals surface area contributed by atoms with Crippen LogP contribution in [0.5, 0.6) is 5.88 Å². The first-order chi connectivity index (χ1) is 20.3. The largest absolute Gasteiger partial charge is 0.472 e. The summed E-state index contributed by atoms with van der Waals surface area (Å²) in [5, 5.41) is 8.78. The Morgan fingerprint density at radius 3 is 2.14 bits per heavy atom. The molecule has 11 nitrogen and oxygen atoms in total. The Kier molecular flexibility index (Phi) is 9.70. The number of aromatic amines is 1. The first-order valence-electron chi connectivity index (χ1n) is 13.5. The number of hydrogen-bond acceptors (Lipinski definition) is 10. The second kappa shape index (κ2) is 13.6. The van der Waals surface area contributed by atoms with E-state index in [1.807, 2.05) is 30.3 Å². The Bertz CT molecular complexity index is 1570. The van der Waals surface area contributed by atoms with Gasteiger partial charge in [-0.1, -0.05) is 30.3 Å². The molecule has 0 saturated heterocycles. The van der Waals surface area contributed by atoms with Crippen LogP contribution in [0.3, 0.4) is 0 Å². The molecule has 2 aromatic heterocycles. The number of pyridine rings is 2. The topological polar surface area (TPSA) is 158 Å². The summed E-state index contributed by atoms with van der Waals surface area (Å²) in [6.07, 6.45) is 3.81. The van der Waals surface area contributed by atoms with Gasteiger partial charge in [-0.25, -0.2) is 19.4 Å². The zero-order valence-electron chi connectivity index (χ0n) is 23.6. The maximum absolute atomic E-state index is 12.1. The van der Waals surface area contributed by atoms with Crippen LogP contribution in [0.25, 0.3) is 0 Å². The fraction of sp³-hybridized carbons (Fsp3) is 0.355. The third-order valence-electron chi connectivity index (χ3n) is 6.68. The van der Waals surface area contributed by atoms with Gasteiger partial charge in [-0.05, 0) is 50.3 Å². The van der Waals surface area contributed by atoms with Crippen LogP contribution in [-0.4, -0.2) is 48.7 Å². The van der Waals surface area contributed by atoms with Crippen LogP contribution < -0.4 is 10.3 Å². The second-order valence-corrected chi connectivity index (χ2v) is 9.75. The molecular weight excluding hydrogens is 542 g/mol. The van der Waals surface area contributed by atoms with Gasteiger partial charge in [0.1, 0.15) is 23.8 Å². The van der Waals surface area contributed by atoms with Gasteiger partial charge in [0.15, 0.2) is 0 Å². The van der Waals surface area contributed by atoms with Gasteiger partial charge in [-0.3, -0.25) is 4.79 Å². The van der Waals surface area contributed by atoms with Crippen molar-refractivity contribution < 1.29 is 33.3 Å². The highest BCUT2D eigenvalue weighted by Gasteiger charge is 2.33. The van der Waals surface area contributed by atoms with Crippen molar-refractivity contribution in [1.82, 2.24) is 9.97 Å². The summed E-state index contributed by atoms with van der Waals surface area (Å²) in [5.41, 5.74) is 2.38. The number of esters is 3. The minimum absolute atomic E-state index is 0.0579. The van der Waals surface area contributed by atoms with E-state index >= 15 is 0 Å². The highest BCUT2D eigenvalue weighted by Crippen LogP contribution is 2.42. The molecule has 2 fully saturated rings. The standard InChI is InChI=1S/C19H19NO5.C12H12N2O3/c1-23-18(21)14-10-15(19(22)24-2)17(20-16(14)13-8-9-13)25-11-12-6-4-3-5-7-12;1-2-17-12(16)9-5-8(6-13)11(15)14-10(9)7-3-4-7/h3-7,10,13H,8-9,11H2,1-2H3;5,7H,2-4H2,1H3,(H,14,15). The number of nitrogens with zero attached hydrogens (tertiary/aromatic N) is 2. The smallest absolute Gasteiger partial charge is 0.343 e. The van der Waals surface area contributed by atoms with Crippen molar-refractivity contribution in [2.45, 2.75) is 51.0 Å². The fourth-order valence-corrected chi connectivity index (χ4v) is 4.24. The average molecular weight is 574 g/mol. The van der Waals surface area contributed by atoms with Crippen molar-refractivity contribution in [3.63, 3.8) is 0 Å². The minimum atomic E-state index is -0.608. The molecule has 2 aliphatic rings. The van der Waals surface area contributed by atoms with E-state index in [9.17, 15) is 19.2 Å². The molecule has 2 aliphatic carbocycles. The molecule has 0 unspecified atom stereocenters. The predicted octanol–water partition coefficient (Wildman–Crippen LogP) is 4.41. The Balaban J connectivity index is 0.000000208. The maximum atomic E-state index is 12.1. The van der Waals surface area contributed by atoms with Gasteiger partial charge in [-0.15, -0.1) is 0 Å². The van der Waals surface area contributed by atoms with Gasteiger partial charge in [0.2, 0.25) is 5.88 Å². The minimum Gasteiger partial charge on any atom is -0.472 e. The highest BCUT2D eigenvalue weighted by molar-refractivity contribution is 5.97. The van der Waals surface area contributed by atoms with E-state index in [0.717, 1.165) is 31.2 Å². The van der Waals surface area contributed by atoms with E-state index in [4.69, 9.17) is 24.2 Å². The van der Waals surface area contributed by atoms with Crippen LogP contribution in [0.15, 0.2) is 47.3 Å². The third-order valence-corrected chi connectivity index (χ3v) is 6.68. The van der Waals surface area contributed by atoms with E-state index in [1.165, 1.54) is 26.4 Å². The molecule has 5 rings (SSSR count). The summed E-state index contributed by atoms with van der Waals surface area (Å²) < 4.78 is 20.3. The summed E-state index contributed by atoms with van der Waals surface area (Å²) in [5.74, 6) is -1.03. The van der Waals surface area contributed by atoms with Gasteiger partial charge in [-0.2, -0.15) is 5.26 Å². The molecule has 2 saturated carbocycles. The number of nitriles is 1. The van der Waals surface area contributed by atoms with E-state index in [2.05, 4.69) is 9.97 Å². The van der Waals surface area contributed by atoms with Crippen LogP contribution in [0.1, 0.15) is 98.0 Å². The molecule has 11 heteroatoms. The quantitative estimate of drug-likeness (QED) is 0.287. The van der Waals surface area contributed by atoms with Gasteiger partial charge in [0.25, 0.3) is 5.56 Å². The van der Waals surface area contributed by atoms with Crippen molar-refractivity contribution in [2.75, 3.05) is 20.8 Å². The first kappa shape index (κ1) is 30.0. The monoisotopic (exact) mass is 573 g/mol. The van der Waals surface area contributed by atoms with Crippen molar-refractivity contribution >= 4 is 17.9 Å². The zero-order valence-corrected chi connectivity index (χ0v) is 23.6. The van der Waals surface area contributed by atoms with Crippen LogP contribution in [0.4, 0.5) is 0 Å². The molecule has 42 heavy (non-hydrogen) atoms. The summed E-state index contributed by atoms with van der Waals surface area (Å²) in [6, 6.07) is 14.1. The molecule has 218 valence electrons. The first-order valence-corrected chi connectivity index (χ1v) is 13.5. The van der Waals surface area contributed by atoms with Crippen LogP contribution in [0.2, 0.25) is 0 Å². The normalized spacial score (nSPS) is 13.6. The Labute approximate surface area is 242 Å². The number of H-pyrrole nitrogens is 1. The number of benzene rings is 1. The maximum Gasteiger partial charge on any atom is 0.343 e. The molecule has 0 bridgehead atoms. The van der Waals surface area contributed by atoms with Crippen molar-refractivity contribution in [1.29, 1.82) is 5.26 Å². The Morgan fingerprint density at radius 1 is 0.929 bits per heavy atom. The molecule has 1 N–H and O–H groups in total. The highest BCUT2D eigenvalue weighted by atomic mass is 16.5. The summed E-state index contributed by atoms with van der Waals surface area (Å²) in [4.78, 5) is 54.5.